The normalized spacial score (nSPS) is 11.1. The van der Waals surface area contributed by atoms with Crippen LogP contribution in [0, 0.1) is 0 Å². The first kappa shape index (κ1) is 78.8. The lowest BCUT2D eigenvalue weighted by Gasteiger charge is -2.36. The van der Waals surface area contributed by atoms with Crippen molar-refractivity contribution in [1.29, 1.82) is 0 Å². The van der Waals surface area contributed by atoms with Crippen LogP contribution in [0.4, 0.5) is 0 Å². The zero-order chi connectivity index (χ0) is 75.9. The van der Waals surface area contributed by atoms with E-state index in [1.165, 1.54) is 19.6 Å². The Morgan fingerprint density at radius 2 is 0.630 bits per heavy atom. The molecule has 0 aliphatic carbocycles. The van der Waals surface area contributed by atoms with E-state index in [2.05, 4.69) is 148 Å². The van der Waals surface area contributed by atoms with Crippen molar-refractivity contribution in [2.45, 2.75) is 84.5 Å². The van der Waals surface area contributed by atoms with Crippen LogP contribution in [0.15, 0.2) is 303 Å². The molecule has 12 rings (SSSR count). The Bertz CT molecular complexity index is 4600. The zero-order valence-electron chi connectivity index (χ0n) is 62.5. The molecule has 0 amide bonds. The quantitative estimate of drug-likeness (QED) is 0.0295. The van der Waals surface area contributed by atoms with Gasteiger partial charge in [-0.3, -0.25) is 4.79 Å². The molecule has 0 heterocycles. The van der Waals surface area contributed by atoms with Crippen molar-refractivity contribution in [3.8, 4) is 56.8 Å². The number of aliphatic carboxylic acids is 1. The second-order valence-electron chi connectivity index (χ2n) is 25.8. The molecule has 0 saturated heterocycles. The monoisotopic (exact) mass is 1450 g/mol. The van der Waals surface area contributed by atoms with E-state index in [1.807, 2.05) is 176 Å². The summed E-state index contributed by atoms with van der Waals surface area (Å²) in [7, 11) is 6.66. The number of hydrogen-bond acceptors (Lipinski definition) is 13. The maximum atomic E-state index is 11.8. The number of rotatable bonds is 33. The van der Waals surface area contributed by atoms with E-state index in [1.54, 1.807) is 33.3 Å². The second kappa shape index (κ2) is 40.1. The first-order valence-electron chi connectivity index (χ1n) is 36.4. The Hall–Kier alpha value is -11.8. The van der Waals surface area contributed by atoms with Gasteiger partial charge in [-0.25, -0.2) is 0 Å². The Morgan fingerprint density at radius 3 is 0.954 bits per heavy atom. The minimum atomic E-state index is -1.28. The lowest BCUT2D eigenvalue weighted by atomic mass is 9.80. The molecule has 554 valence electrons. The summed E-state index contributed by atoms with van der Waals surface area (Å²) in [5.74, 6) is 2.73. The standard InChI is InChI=1S/C46H42O8.C42H38O5.C6H15N/c1-50-41-22-16-39(17-23-41)46(38-12-4-3-5-13-38,40-18-24-42(51-2)25-19-40)54-32-35-10-7-11-37(29-35)36-14-20-43(21-15-36)52-30-33-8-6-9-34(28-33)31-53-45(49)27-26-44(47)48;1-44-39-22-16-37(17-23-39)42(36-12-4-3-5-13-36,38-18-24-40(45-2)25-19-38)47-30-33-10-7-11-35(27-33)34-14-20-41(21-15-34)46-29-32-9-6-8-31(26-32)28-43;1-4-7(5-2)6-3/h3-25,28-29H,26-27,30-32H2,1-2H3,(H,47,48);3-27,43H,28-30H2,1-2H3;4-6H2,1-3H3. The number of carboxylic acid groups (broad SMARTS) is 1. The molecule has 0 unspecified atom stereocenters. The highest BCUT2D eigenvalue weighted by Gasteiger charge is 2.39. The molecule has 0 radical (unpaired) electrons. The van der Waals surface area contributed by atoms with Crippen LogP contribution in [-0.4, -0.2) is 65.1 Å². The zero-order valence-corrected chi connectivity index (χ0v) is 62.5. The number of quaternary nitrogens is 1. The van der Waals surface area contributed by atoms with Gasteiger partial charge in [0.15, 0.2) is 0 Å². The Labute approximate surface area is 635 Å². The number of aliphatic hydroxyl groups is 1. The predicted molar refractivity (Wildman–Crippen MR) is 422 cm³/mol. The number of ether oxygens (including phenoxy) is 9. The molecule has 0 aliphatic rings. The molecule has 0 saturated carbocycles. The van der Waals surface area contributed by atoms with Crippen molar-refractivity contribution in [1.82, 2.24) is 0 Å². The third-order valence-corrected chi connectivity index (χ3v) is 18.9. The molecule has 0 aliphatic heterocycles. The number of aliphatic hydroxyl groups excluding tert-OH is 1. The minimum Gasteiger partial charge on any atom is -0.550 e. The smallest absolute Gasteiger partial charge is 0.306 e. The number of hydrogen-bond donors (Lipinski definition) is 2. The number of esters is 1. The molecule has 108 heavy (non-hydrogen) atoms. The third kappa shape index (κ3) is 21.3. The lowest BCUT2D eigenvalue weighted by Crippen LogP contribution is -3.11. The van der Waals surface area contributed by atoms with Crippen LogP contribution in [-0.2, 0) is 74.6 Å². The average molecular weight is 1450 g/mol. The highest BCUT2D eigenvalue weighted by Crippen LogP contribution is 2.45. The summed E-state index contributed by atoms with van der Waals surface area (Å²) in [5, 5.41) is 20.0. The van der Waals surface area contributed by atoms with E-state index < -0.39 is 23.1 Å². The van der Waals surface area contributed by atoms with Crippen molar-refractivity contribution in [3.05, 3.63) is 370 Å². The van der Waals surface area contributed by atoms with Crippen molar-refractivity contribution >= 4 is 11.9 Å². The summed E-state index contributed by atoms with van der Waals surface area (Å²) in [5.41, 5.74) is 14.0. The van der Waals surface area contributed by atoms with Gasteiger partial charge in [-0.05, 0) is 207 Å². The van der Waals surface area contributed by atoms with E-state index in [0.717, 1.165) is 118 Å². The Balaban J connectivity index is 0.000000213. The largest absolute Gasteiger partial charge is 0.550 e. The summed E-state index contributed by atoms with van der Waals surface area (Å²) < 4.78 is 53.4. The predicted octanol–water partition coefficient (Wildman–Crippen LogP) is 16.9. The van der Waals surface area contributed by atoms with Crippen LogP contribution in [0.25, 0.3) is 22.3 Å². The van der Waals surface area contributed by atoms with Crippen molar-refractivity contribution in [2.75, 3.05) is 48.1 Å². The number of methoxy groups -OCH3 is 4. The molecule has 0 atom stereocenters. The van der Waals surface area contributed by atoms with Crippen molar-refractivity contribution in [3.63, 3.8) is 0 Å². The van der Waals surface area contributed by atoms with Gasteiger partial charge in [0.25, 0.3) is 0 Å². The summed E-state index contributed by atoms with van der Waals surface area (Å²) >= 11 is 0. The fourth-order valence-corrected chi connectivity index (χ4v) is 12.9. The van der Waals surface area contributed by atoms with E-state index in [4.69, 9.17) is 42.6 Å². The molecule has 0 spiro atoms. The molecule has 12 aromatic rings. The van der Waals surface area contributed by atoms with Crippen LogP contribution < -0.4 is 38.4 Å². The van der Waals surface area contributed by atoms with Crippen LogP contribution in [0.5, 0.6) is 34.5 Å². The van der Waals surface area contributed by atoms with Crippen LogP contribution in [0.2, 0.25) is 0 Å². The molecule has 2 N–H and O–H groups in total. The summed E-state index contributed by atoms with van der Waals surface area (Å²) in [6.07, 6.45) is -0.583. The number of nitrogens with one attached hydrogen (secondary N) is 1. The van der Waals surface area contributed by atoms with E-state index in [-0.39, 0.29) is 26.1 Å². The van der Waals surface area contributed by atoms with E-state index >= 15 is 0 Å². The number of carbonyl (C=O) groups excluding carboxylic acids is 2. The van der Waals surface area contributed by atoms with Gasteiger partial charge >= 0.3 is 5.97 Å². The Kier molecular flexibility index (Phi) is 29.2. The van der Waals surface area contributed by atoms with Crippen molar-refractivity contribution in [2.24, 2.45) is 0 Å². The molecule has 0 bridgehead atoms. The second-order valence-corrected chi connectivity index (χ2v) is 25.8. The van der Waals surface area contributed by atoms with Crippen molar-refractivity contribution < 1.29 is 67.3 Å². The Morgan fingerprint density at radius 1 is 0.324 bits per heavy atom. The first-order chi connectivity index (χ1) is 52.8. The lowest BCUT2D eigenvalue weighted by molar-refractivity contribution is -0.894. The molecule has 14 heteroatoms. The van der Waals surface area contributed by atoms with Gasteiger partial charge in [0.1, 0.15) is 65.5 Å². The molecule has 0 aromatic heterocycles. The molecular formula is C94H95NO13. The fourth-order valence-electron chi connectivity index (χ4n) is 12.9. The SMILES string of the molecule is CC[NH+](CC)CC.COc1ccc(C(OCc2cccc(-c3ccc(OCc4cccc(CO)c4)cc3)c2)(c2ccccc2)c2ccc(OC)cc2)cc1.COc1ccc(C(OCc2cccc(-c3ccc(OCc4cccc(COC(=O)CCC(=O)[O-])c4)cc3)c2)(c2ccccc2)c2ccc(OC)cc2)cc1. The van der Waals surface area contributed by atoms with Gasteiger partial charge in [0.2, 0.25) is 0 Å². The van der Waals surface area contributed by atoms with Gasteiger partial charge in [-0.2, -0.15) is 0 Å². The van der Waals surface area contributed by atoms with E-state index in [0.29, 0.717) is 32.2 Å². The van der Waals surface area contributed by atoms with Crippen LogP contribution in [0.3, 0.4) is 0 Å². The van der Waals surface area contributed by atoms with Gasteiger partial charge in [0.05, 0.1) is 74.3 Å². The number of carbonyl (C=O) groups is 2. The fraction of sp³-hybridized carbons (Fsp3) is 0.213. The van der Waals surface area contributed by atoms with Gasteiger partial charge in [-0.15, -0.1) is 0 Å². The van der Waals surface area contributed by atoms with Crippen LogP contribution >= 0.6 is 0 Å². The highest BCUT2D eigenvalue weighted by molar-refractivity contribution is 5.75. The van der Waals surface area contributed by atoms with Gasteiger partial charge in [-0.1, -0.05) is 212 Å². The average Bonchev–Trinajstić information content (AvgIpc) is 0.758. The third-order valence-electron chi connectivity index (χ3n) is 18.9. The minimum absolute atomic E-state index is 0.0167. The maximum absolute atomic E-state index is 11.8. The van der Waals surface area contributed by atoms with Gasteiger partial charge < -0.3 is 62.5 Å². The molecule has 14 nitrogen and oxygen atoms in total. The number of benzene rings is 12. The number of carboxylic acids is 1. The van der Waals surface area contributed by atoms with E-state index in [9.17, 15) is 19.8 Å². The topological polar surface area (TPSA) is 165 Å². The summed E-state index contributed by atoms with van der Waals surface area (Å²) in [4.78, 5) is 24.0. The maximum Gasteiger partial charge on any atom is 0.306 e. The summed E-state index contributed by atoms with van der Waals surface area (Å²) in [6.45, 7) is 12.0. The summed E-state index contributed by atoms with van der Waals surface area (Å²) in [6, 6.07) is 101. The molecule has 12 aromatic carbocycles. The molecular weight excluding hydrogens is 1350 g/mol. The molecule has 0 fully saturated rings. The van der Waals surface area contributed by atoms with Crippen LogP contribution in [0.1, 0.15) is 100 Å². The highest BCUT2D eigenvalue weighted by atomic mass is 16.5. The van der Waals surface area contributed by atoms with Gasteiger partial charge in [0, 0.05) is 5.97 Å². The first-order valence-corrected chi connectivity index (χ1v) is 36.4.